The van der Waals surface area contributed by atoms with Crippen molar-refractivity contribution in [3.05, 3.63) is 6.92 Å². The van der Waals surface area contributed by atoms with Gasteiger partial charge in [0.1, 0.15) is 0 Å². The molecule has 0 saturated heterocycles. The highest BCUT2D eigenvalue weighted by atomic mass is 16.1. The van der Waals surface area contributed by atoms with Crippen LogP contribution in [0.1, 0.15) is 12.8 Å². The number of primary amides is 1. The molecule has 1 atom stereocenters. The number of nitriles is 1. The highest BCUT2D eigenvalue weighted by Gasteiger charge is 2.06. The topological polar surface area (TPSA) is 66.9 Å². The Labute approximate surface area is 54.5 Å². The Morgan fingerprint density at radius 1 is 1.89 bits per heavy atom. The van der Waals surface area contributed by atoms with E-state index in [1.807, 2.05) is 6.07 Å². The van der Waals surface area contributed by atoms with Crippen molar-refractivity contribution in [2.45, 2.75) is 12.8 Å². The molecule has 0 aliphatic heterocycles. The van der Waals surface area contributed by atoms with E-state index in [2.05, 4.69) is 6.92 Å². The van der Waals surface area contributed by atoms with E-state index in [1.54, 1.807) is 0 Å². The number of carbonyl (C=O) groups is 1. The van der Waals surface area contributed by atoms with Gasteiger partial charge < -0.3 is 5.73 Å². The molecule has 0 aromatic heterocycles. The molecule has 2 N–H and O–H groups in total. The monoisotopic (exact) mass is 125 g/mol. The van der Waals surface area contributed by atoms with Crippen molar-refractivity contribution in [2.75, 3.05) is 0 Å². The fourth-order valence-corrected chi connectivity index (χ4v) is 0.381. The third kappa shape index (κ3) is 3.53. The quantitative estimate of drug-likeness (QED) is 0.586. The molecule has 0 aliphatic carbocycles. The fourth-order valence-electron chi connectivity index (χ4n) is 0.381. The summed E-state index contributed by atoms with van der Waals surface area (Å²) >= 11 is 0. The van der Waals surface area contributed by atoms with Gasteiger partial charge in [-0.2, -0.15) is 5.26 Å². The number of nitrogens with zero attached hydrogens (tertiary/aromatic N) is 1. The SMILES string of the molecule is [CH2]C(CCC#N)C(N)=O. The molecule has 1 radical (unpaired) electrons. The third-order valence-electron chi connectivity index (χ3n) is 1.01. The minimum Gasteiger partial charge on any atom is -0.369 e. The maximum Gasteiger partial charge on any atom is 0.220 e. The van der Waals surface area contributed by atoms with E-state index in [0.717, 1.165) is 0 Å². The molecule has 0 fully saturated rings. The van der Waals surface area contributed by atoms with Gasteiger partial charge in [0.15, 0.2) is 0 Å². The van der Waals surface area contributed by atoms with Crippen molar-refractivity contribution >= 4 is 5.91 Å². The second kappa shape index (κ2) is 3.90. The van der Waals surface area contributed by atoms with E-state index in [0.29, 0.717) is 12.8 Å². The summed E-state index contributed by atoms with van der Waals surface area (Å²) in [5.74, 6) is -0.852. The van der Waals surface area contributed by atoms with Gasteiger partial charge in [-0.3, -0.25) is 4.79 Å². The van der Waals surface area contributed by atoms with Crippen LogP contribution in [-0.2, 0) is 4.79 Å². The van der Waals surface area contributed by atoms with Crippen LogP contribution in [0.15, 0.2) is 0 Å². The summed E-state index contributed by atoms with van der Waals surface area (Å²) in [5.41, 5.74) is 4.87. The Kier molecular flexibility index (Phi) is 3.45. The number of rotatable bonds is 3. The van der Waals surface area contributed by atoms with Crippen molar-refractivity contribution in [3.63, 3.8) is 0 Å². The number of hydrogen-bond acceptors (Lipinski definition) is 2. The van der Waals surface area contributed by atoms with Gasteiger partial charge >= 0.3 is 0 Å². The van der Waals surface area contributed by atoms with Gasteiger partial charge in [0, 0.05) is 12.3 Å². The molecule has 0 rings (SSSR count). The predicted molar refractivity (Wildman–Crippen MR) is 32.9 cm³/mol. The molecular formula is C6H9N2O. The van der Waals surface area contributed by atoms with Crippen molar-refractivity contribution < 1.29 is 4.79 Å². The maximum atomic E-state index is 10.3. The molecule has 0 bridgehead atoms. The summed E-state index contributed by atoms with van der Waals surface area (Å²) < 4.78 is 0. The van der Waals surface area contributed by atoms with Gasteiger partial charge in [-0.15, -0.1) is 0 Å². The molecular weight excluding hydrogens is 116 g/mol. The Bertz CT molecular complexity index is 136. The van der Waals surface area contributed by atoms with Crippen LogP contribution in [0.5, 0.6) is 0 Å². The molecule has 0 heterocycles. The Morgan fingerprint density at radius 3 is 2.78 bits per heavy atom. The highest BCUT2D eigenvalue weighted by Crippen LogP contribution is 2.01. The van der Waals surface area contributed by atoms with Crippen LogP contribution >= 0.6 is 0 Å². The summed E-state index contributed by atoms with van der Waals surface area (Å²) in [6.07, 6.45) is 0.808. The minimum atomic E-state index is -0.440. The van der Waals surface area contributed by atoms with Crippen LogP contribution in [0.25, 0.3) is 0 Å². The summed E-state index contributed by atoms with van der Waals surface area (Å²) in [4.78, 5) is 10.3. The highest BCUT2D eigenvalue weighted by molar-refractivity contribution is 5.77. The second-order valence-electron chi connectivity index (χ2n) is 1.80. The first-order valence-electron chi connectivity index (χ1n) is 2.68. The zero-order valence-electron chi connectivity index (χ0n) is 5.13. The first-order valence-corrected chi connectivity index (χ1v) is 2.68. The lowest BCUT2D eigenvalue weighted by molar-refractivity contribution is -0.120. The molecule has 1 amide bonds. The van der Waals surface area contributed by atoms with E-state index in [9.17, 15) is 4.79 Å². The number of carbonyl (C=O) groups excluding carboxylic acids is 1. The average Bonchev–Trinajstić information content (AvgIpc) is 1.82. The lowest BCUT2D eigenvalue weighted by atomic mass is 10.1. The standard InChI is InChI=1S/C6H9N2O/c1-5(6(8)9)3-2-4-7/h5H,1-3H2,(H2,8,9). The van der Waals surface area contributed by atoms with Gasteiger partial charge in [0.25, 0.3) is 0 Å². The summed E-state index contributed by atoms with van der Waals surface area (Å²) in [5, 5.41) is 8.07. The third-order valence-corrected chi connectivity index (χ3v) is 1.01. The van der Waals surface area contributed by atoms with Crippen molar-refractivity contribution in [1.29, 1.82) is 5.26 Å². The molecule has 0 saturated carbocycles. The van der Waals surface area contributed by atoms with Crippen LogP contribution in [-0.4, -0.2) is 5.91 Å². The van der Waals surface area contributed by atoms with Gasteiger partial charge in [0.05, 0.1) is 6.07 Å². The summed E-state index contributed by atoms with van der Waals surface area (Å²) in [6.45, 7) is 3.45. The van der Waals surface area contributed by atoms with Gasteiger partial charge in [-0.25, -0.2) is 0 Å². The molecule has 0 spiro atoms. The maximum absolute atomic E-state index is 10.3. The molecule has 49 valence electrons. The first kappa shape index (κ1) is 7.96. The summed E-state index contributed by atoms with van der Waals surface area (Å²) in [7, 11) is 0. The fraction of sp³-hybridized carbons (Fsp3) is 0.500. The molecule has 0 aromatic rings. The van der Waals surface area contributed by atoms with Crippen LogP contribution in [0.3, 0.4) is 0 Å². The largest absolute Gasteiger partial charge is 0.369 e. The number of hydrogen-bond donors (Lipinski definition) is 1. The van der Waals surface area contributed by atoms with Crippen molar-refractivity contribution in [2.24, 2.45) is 11.7 Å². The lowest BCUT2D eigenvalue weighted by Gasteiger charge is -2.00. The van der Waals surface area contributed by atoms with E-state index in [4.69, 9.17) is 11.0 Å². The first-order chi connectivity index (χ1) is 4.18. The Hall–Kier alpha value is -1.04. The second-order valence-corrected chi connectivity index (χ2v) is 1.80. The van der Waals surface area contributed by atoms with E-state index in [-0.39, 0.29) is 0 Å². The molecule has 3 heteroatoms. The van der Waals surface area contributed by atoms with E-state index < -0.39 is 11.8 Å². The molecule has 9 heavy (non-hydrogen) atoms. The molecule has 0 aromatic carbocycles. The van der Waals surface area contributed by atoms with Gasteiger partial charge in [-0.1, -0.05) is 0 Å². The predicted octanol–water partition coefficient (Wildman–Crippen LogP) is 0.226. The van der Waals surface area contributed by atoms with Gasteiger partial charge in [0.2, 0.25) is 5.91 Å². The van der Waals surface area contributed by atoms with E-state index in [1.165, 1.54) is 0 Å². The Balaban J connectivity index is 3.41. The number of amides is 1. The molecule has 1 unspecified atom stereocenters. The molecule has 3 nitrogen and oxygen atoms in total. The van der Waals surface area contributed by atoms with Crippen LogP contribution < -0.4 is 5.73 Å². The Morgan fingerprint density at radius 2 is 2.44 bits per heavy atom. The van der Waals surface area contributed by atoms with Crippen LogP contribution in [0.4, 0.5) is 0 Å². The number of nitrogens with two attached hydrogens (primary N) is 1. The van der Waals surface area contributed by atoms with Crippen LogP contribution in [0, 0.1) is 24.2 Å². The summed E-state index contributed by atoms with van der Waals surface area (Å²) in [6, 6.07) is 1.91. The lowest BCUT2D eigenvalue weighted by Crippen LogP contribution is -2.20. The minimum absolute atomic E-state index is 0.344. The zero-order valence-corrected chi connectivity index (χ0v) is 5.13. The normalized spacial score (nSPS) is 12.0. The van der Waals surface area contributed by atoms with Crippen molar-refractivity contribution in [1.82, 2.24) is 0 Å². The molecule has 0 aliphatic rings. The smallest absolute Gasteiger partial charge is 0.220 e. The average molecular weight is 125 g/mol. The van der Waals surface area contributed by atoms with Crippen LogP contribution in [0.2, 0.25) is 0 Å². The van der Waals surface area contributed by atoms with E-state index >= 15 is 0 Å². The van der Waals surface area contributed by atoms with Crippen molar-refractivity contribution in [3.8, 4) is 6.07 Å². The van der Waals surface area contributed by atoms with Gasteiger partial charge in [-0.05, 0) is 13.3 Å². The zero-order chi connectivity index (χ0) is 7.28.